The first-order chi connectivity index (χ1) is 14.7. The molecular weight excluding hydrogens is 384 g/mol. The van der Waals surface area contributed by atoms with E-state index in [0.717, 1.165) is 16.5 Å². The Labute approximate surface area is 172 Å². The number of aromatic nitrogens is 4. The molecule has 9 nitrogen and oxygen atoms in total. The summed E-state index contributed by atoms with van der Waals surface area (Å²) in [6, 6.07) is 16.7. The van der Waals surface area contributed by atoms with Crippen LogP contribution in [0.15, 0.2) is 67.0 Å². The molecule has 4 aromatic rings. The lowest BCUT2D eigenvalue weighted by atomic mass is 10.1. The van der Waals surface area contributed by atoms with E-state index >= 15 is 0 Å². The van der Waals surface area contributed by atoms with Crippen LogP contribution in [0.3, 0.4) is 0 Å². The van der Waals surface area contributed by atoms with Crippen molar-refractivity contribution in [2.24, 2.45) is 0 Å². The molecule has 0 unspecified atom stereocenters. The Morgan fingerprint density at radius 1 is 1.03 bits per heavy atom. The summed E-state index contributed by atoms with van der Waals surface area (Å²) in [5, 5.41) is 8.91. The van der Waals surface area contributed by atoms with Gasteiger partial charge < -0.3 is 9.47 Å². The first kappa shape index (κ1) is 19.1. The van der Waals surface area contributed by atoms with Crippen LogP contribution in [0.1, 0.15) is 0 Å². The van der Waals surface area contributed by atoms with Crippen LogP contribution < -0.4 is 20.3 Å². The van der Waals surface area contributed by atoms with E-state index in [0.29, 0.717) is 17.2 Å². The van der Waals surface area contributed by atoms with Crippen molar-refractivity contribution in [3.8, 4) is 22.8 Å². The maximum absolute atomic E-state index is 12.1. The minimum Gasteiger partial charge on any atom is -0.497 e. The van der Waals surface area contributed by atoms with Crippen LogP contribution in [-0.4, -0.2) is 39.8 Å². The average Bonchev–Trinajstić information content (AvgIpc) is 2.81. The number of ether oxygens (including phenoxy) is 2. The Morgan fingerprint density at radius 2 is 1.93 bits per heavy atom. The number of hydrazine groups is 1. The summed E-state index contributed by atoms with van der Waals surface area (Å²) in [4.78, 5) is 20.5. The molecular formula is C21H18N6O3. The van der Waals surface area contributed by atoms with E-state index in [4.69, 9.17) is 9.47 Å². The lowest BCUT2D eigenvalue weighted by Gasteiger charge is -2.10. The first-order valence-corrected chi connectivity index (χ1v) is 9.08. The summed E-state index contributed by atoms with van der Waals surface area (Å²) in [5.74, 6) is 1.06. The molecule has 150 valence electrons. The predicted molar refractivity (Wildman–Crippen MR) is 111 cm³/mol. The molecule has 0 radical (unpaired) electrons. The van der Waals surface area contributed by atoms with E-state index in [1.807, 2.05) is 48.5 Å². The molecule has 0 fully saturated rings. The number of nitrogens with one attached hydrogen (secondary N) is 2. The number of carbonyl (C=O) groups excluding carboxylic acids is 1. The summed E-state index contributed by atoms with van der Waals surface area (Å²) in [5.41, 5.74) is 7.30. The van der Waals surface area contributed by atoms with Gasteiger partial charge in [-0.15, -0.1) is 10.2 Å². The Bertz CT molecular complexity index is 1160. The van der Waals surface area contributed by atoms with E-state index in [1.165, 1.54) is 0 Å². The van der Waals surface area contributed by atoms with Gasteiger partial charge in [0.15, 0.2) is 6.61 Å². The standard InChI is InChI=1S/C21H18N6O3/c1-29-15-6-4-5-14(11-15)18-12-23-21(26-24-18)27-25-20(28)13-30-19-9-10-22-17-8-3-2-7-16(17)19/h2-12H,13H2,1H3,(H,25,28)(H,23,26,27). The molecule has 0 atom stereocenters. The predicted octanol–water partition coefficient (Wildman–Crippen LogP) is 2.62. The van der Waals surface area contributed by atoms with Crippen molar-refractivity contribution in [2.75, 3.05) is 19.1 Å². The summed E-state index contributed by atoms with van der Waals surface area (Å²) in [6.07, 6.45) is 3.19. The molecule has 0 aliphatic rings. The maximum Gasteiger partial charge on any atom is 0.276 e. The molecule has 2 N–H and O–H groups in total. The topological polar surface area (TPSA) is 111 Å². The third kappa shape index (κ3) is 4.41. The van der Waals surface area contributed by atoms with Gasteiger partial charge in [0.2, 0.25) is 0 Å². The number of fused-ring (bicyclic) bond motifs is 1. The second-order valence-corrected chi connectivity index (χ2v) is 6.19. The number of amides is 1. The summed E-state index contributed by atoms with van der Waals surface area (Å²) in [7, 11) is 1.60. The number of rotatable bonds is 7. The van der Waals surface area contributed by atoms with Gasteiger partial charge in [0, 0.05) is 17.1 Å². The Morgan fingerprint density at radius 3 is 2.77 bits per heavy atom. The van der Waals surface area contributed by atoms with E-state index in [1.54, 1.807) is 25.6 Å². The molecule has 30 heavy (non-hydrogen) atoms. The normalized spacial score (nSPS) is 10.4. The molecule has 0 saturated heterocycles. The number of methoxy groups -OCH3 is 1. The van der Waals surface area contributed by atoms with E-state index in [2.05, 4.69) is 31.0 Å². The molecule has 4 rings (SSSR count). The Kier molecular flexibility index (Phi) is 5.61. The SMILES string of the molecule is COc1cccc(-c2cnc(NNC(=O)COc3ccnc4ccccc34)nn2)c1. The number of pyridine rings is 1. The van der Waals surface area contributed by atoms with Crippen molar-refractivity contribution in [1.29, 1.82) is 0 Å². The fourth-order valence-corrected chi connectivity index (χ4v) is 2.75. The van der Waals surface area contributed by atoms with Crippen LogP contribution in [0.5, 0.6) is 11.5 Å². The second-order valence-electron chi connectivity index (χ2n) is 6.19. The zero-order valence-corrected chi connectivity index (χ0v) is 16.1. The van der Waals surface area contributed by atoms with Gasteiger partial charge in [0.05, 0.1) is 18.8 Å². The molecule has 0 aliphatic carbocycles. The zero-order valence-electron chi connectivity index (χ0n) is 16.1. The van der Waals surface area contributed by atoms with Gasteiger partial charge in [-0.25, -0.2) is 4.98 Å². The fourth-order valence-electron chi connectivity index (χ4n) is 2.75. The number of hydrogen-bond acceptors (Lipinski definition) is 8. The molecule has 0 bridgehead atoms. The van der Waals surface area contributed by atoms with Crippen LogP contribution in [0.2, 0.25) is 0 Å². The van der Waals surface area contributed by atoms with Gasteiger partial charge in [-0.05, 0) is 30.3 Å². The largest absolute Gasteiger partial charge is 0.497 e. The summed E-state index contributed by atoms with van der Waals surface area (Å²) >= 11 is 0. The molecule has 9 heteroatoms. The van der Waals surface area contributed by atoms with Crippen LogP contribution in [-0.2, 0) is 4.79 Å². The number of nitrogens with zero attached hydrogens (tertiary/aromatic N) is 4. The van der Waals surface area contributed by atoms with Gasteiger partial charge in [-0.2, -0.15) is 0 Å². The van der Waals surface area contributed by atoms with Crippen LogP contribution in [0, 0.1) is 0 Å². The van der Waals surface area contributed by atoms with E-state index < -0.39 is 5.91 Å². The monoisotopic (exact) mass is 402 g/mol. The average molecular weight is 402 g/mol. The summed E-state index contributed by atoms with van der Waals surface area (Å²) < 4.78 is 10.8. The van der Waals surface area contributed by atoms with E-state index in [9.17, 15) is 4.79 Å². The highest BCUT2D eigenvalue weighted by Gasteiger charge is 2.08. The lowest BCUT2D eigenvalue weighted by molar-refractivity contribution is -0.122. The van der Waals surface area contributed by atoms with Crippen molar-refractivity contribution >= 4 is 22.8 Å². The van der Waals surface area contributed by atoms with Crippen molar-refractivity contribution in [3.05, 3.63) is 67.0 Å². The quantitative estimate of drug-likeness (QED) is 0.454. The Balaban J connectivity index is 1.32. The lowest BCUT2D eigenvalue weighted by Crippen LogP contribution is -2.34. The number of hydrogen-bond donors (Lipinski definition) is 2. The van der Waals surface area contributed by atoms with Gasteiger partial charge in [-0.3, -0.25) is 20.6 Å². The van der Waals surface area contributed by atoms with E-state index in [-0.39, 0.29) is 12.6 Å². The van der Waals surface area contributed by atoms with Crippen molar-refractivity contribution in [1.82, 2.24) is 25.6 Å². The van der Waals surface area contributed by atoms with Crippen molar-refractivity contribution < 1.29 is 14.3 Å². The fraction of sp³-hybridized carbons (Fsp3) is 0.0952. The second kappa shape index (κ2) is 8.82. The molecule has 0 spiro atoms. The summed E-state index contributed by atoms with van der Waals surface area (Å²) in [6.45, 7) is -0.184. The highest BCUT2D eigenvalue weighted by atomic mass is 16.5. The minimum absolute atomic E-state index is 0.157. The van der Waals surface area contributed by atoms with Crippen LogP contribution >= 0.6 is 0 Å². The molecule has 2 heterocycles. The molecule has 0 aliphatic heterocycles. The van der Waals surface area contributed by atoms with Crippen LogP contribution in [0.25, 0.3) is 22.2 Å². The molecule has 1 amide bonds. The van der Waals surface area contributed by atoms with Gasteiger partial charge in [-0.1, -0.05) is 24.3 Å². The first-order valence-electron chi connectivity index (χ1n) is 9.08. The number of benzene rings is 2. The number of carbonyl (C=O) groups is 1. The maximum atomic E-state index is 12.1. The molecule has 2 aromatic heterocycles. The highest BCUT2D eigenvalue weighted by molar-refractivity contribution is 5.85. The molecule has 2 aromatic carbocycles. The van der Waals surface area contributed by atoms with Crippen molar-refractivity contribution in [3.63, 3.8) is 0 Å². The smallest absolute Gasteiger partial charge is 0.276 e. The third-order valence-corrected chi connectivity index (χ3v) is 4.21. The van der Waals surface area contributed by atoms with Gasteiger partial charge in [0.25, 0.3) is 11.9 Å². The number of anilines is 1. The number of para-hydroxylation sites is 1. The third-order valence-electron chi connectivity index (χ3n) is 4.21. The van der Waals surface area contributed by atoms with Gasteiger partial charge in [0.1, 0.15) is 17.2 Å². The zero-order chi connectivity index (χ0) is 20.8. The molecule has 0 saturated carbocycles. The minimum atomic E-state index is -0.392. The van der Waals surface area contributed by atoms with Crippen molar-refractivity contribution in [2.45, 2.75) is 0 Å². The Hall–Kier alpha value is -4.27. The van der Waals surface area contributed by atoms with Gasteiger partial charge >= 0.3 is 0 Å². The highest BCUT2D eigenvalue weighted by Crippen LogP contribution is 2.23. The van der Waals surface area contributed by atoms with Crippen LogP contribution in [0.4, 0.5) is 5.95 Å².